The van der Waals surface area contributed by atoms with Gasteiger partial charge in [-0.3, -0.25) is 0 Å². The fourth-order valence-electron chi connectivity index (χ4n) is 5.20. The van der Waals surface area contributed by atoms with E-state index in [1.807, 2.05) is 36.4 Å². The van der Waals surface area contributed by atoms with Crippen LogP contribution in [0.2, 0.25) is 0 Å². The fourth-order valence-corrected chi connectivity index (χ4v) is 5.20. The summed E-state index contributed by atoms with van der Waals surface area (Å²) in [7, 11) is 3.35. The van der Waals surface area contributed by atoms with E-state index >= 15 is 0 Å². The second-order valence-corrected chi connectivity index (χ2v) is 9.32. The van der Waals surface area contributed by atoms with Gasteiger partial charge in [-0.25, -0.2) is 4.79 Å². The molecule has 2 aromatic carbocycles. The van der Waals surface area contributed by atoms with E-state index in [0.29, 0.717) is 39.5 Å². The van der Waals surface area contributed by atoms with Crippen molar-refractivity contribution in [3.05, 3.63) is 53.6 Å². The lowest BCUT2D eigenvalue weighted by Gasteiger charge is -2.42. The number of ether oxygens (including phenoxy) is 4. The van der Waals surface area contributed by atoms with E-state index in [-0.39, 0.29) is 17.9 Å². The number of anilines is 1. The summed E-state index contributed by atoms with van der Waals surface area (Å²) in [6, 6.07) is 14.0. The second kappa shape index (κ2) is 12.3. The Kier molecular flexibility index (Phi) is 8.90. The van der Waals surface area contributed by atoms with Gasteiger partial charge in [0.15, 0.2) is 0 Å². The number of carbonyl (C=O) groups is 1. The summed E-state index contributed by atoms with van der Waals surface area (Å²) < 4.78 is 22.8. The van der Waals surface area contributed by atoms with Gasteiger partial charge in [-0.15, -0.1) is 0 Å². The number of benzene rings is 2. The number of rotatable bonds is 10. The standard InChI is InChI=1S/C27H37N3O6/c1-33-12-3-10-29-11-13-35-24-9-4-19(14-23(24)29)18-36-25-17-30(27(31)32)16-21(15-28)26(25)20-5-7-22(34-2)8-6-20/h4-9,14,21,25-26H,3,10-13,15-18,28H2,1-2H3,(H,31,32). The van der Waals surface area contributed by atoms with Gasteiger partial charge in [0.25, 0.3) is 0 Å². The summed E-state index contributed by atoms with van der Waals surface area (Å²) in [5.41, 5.74) is 9.28. The zero-order valence-corrected chi connectivity index (χ0v) is 21.1. The van der Waals surface area contributed by atoms with Crippen LogP contribution in [0.15, 0.2) is 42.5 Å². The van der Waals surface area contributed by atoms with Crippen LogP contribution in [-0.4, -0.2) is 82.4 Å². The lowest BCUT2D eigenvalue weighted by Crippen LogP contribution is -2.52. The molecule has 2 aliphatic heterocycles. The molecule has 9 heteroatoms. The van der Waals surface area contributed by atoms with Crippen molar-refractivity contribution in [1.29, 1.82) is 0 Å². The number of nitrogens with zero attached hydrogens (tertiary/aromatic N) is 2. The molecule has 2 aromatic rings. The molecule has 0 radical (unpaired) electrons. The first-order chi connectivity index (χ1) is 17.5. The molecule has 1 fully saturated rings. The average molecular weight is 500 g/mol. The number of hydrogen-bond donors (Lipinski definition) is 2. The third-order valence-corrected chi connectivity index (χ3v) is 7.06. The van der Waals surface area contributed by atoms with Crippen molar-refractivity contribution in [2.24, 2.45) is 11.7 Å². The summed E-state index contributed by atoms with van der Waals surface area (Å²) in [6.45, 7) is 4.50. The zero-order chi connectivity index (χ0) is 25.5. The molecular weight excluding hydrogens is 462 g/mol. The van der Waals surface area contributed by atoms with E-state index in [2.05, 4.69) is 11.0 Å². The maximum absolute atomic E-state index is 11.9. The summed E-state index contributed by atoms with van der Waals surface area (Å²) >= 11 is 0. The highest BCUT2D eigenvalue weighted by Crippen LogP contribution is 2.37. The van der Waals surface area contributed by atoms with Gasteiger partial charge < -0.3 is 39.6 Å². The molecule has 4 rings (SSSR count). The van der Waals surface area contributed by atoms with E-state index in [1.54, 1.807) is 14.2 Å². The minimum absolute atomic E-state index is 0.0250. The molecule has 0 bridgehead atoms. The van der Waals surface area contributed by atoms with Crippen molar-refractivity contribution < 1.29 is 28.8 Å². The highest BCUT2D eigenvalue weighted by molar-refractivity contribution is 5.65. The quantitative estimate of drug-likeness (QED) is 0.480. The van der Waals surface area contributed by atoms with Crippen LogP contribution in [0, 0.1) is 5.92 Å². The first kappa shape index (κ1) is 26.1. The molecule has 1 amide bonds. The first-order valence-corrected chi connectivity index (χ1v) is 12.5. The van der Waals surface area contributed by atoms with E-state index in [9.17, 15) is 9.90 Å². The minimum atomic E-state index is -0.951. The van der Waals surface area contributed by atoms with Crippen LogP contribution in [0.3, 0.4) is 0 Å². The highest BCUT2D eigenvalue weighted by atomic mass is 16.5. The van der Waals surface area contributed by atoms with Crippen molar-refractivity contribution in [2.75, 3.05) is 65.1 Å². The molecule has 3 unspecified atom stereocenters. The fraction of sp³-hybridized carbons (Fsp3) is 0.519. The molecule has 0 saturated carbocycles. The van der Waals surface area contributed by atoms with Gasteiger partial charge in [-0.05, 0) is 54.3 Å². The SMILES string of the molecule is COCCCN1CCOc2ccc(COC3CN(C(=O)O)CC(CN)C3c3ccc(OC)cc3)cc21. The first-order valence-electron chi connectivity index (χ1n) is 12.5. The molecule has 3 atom stereocenters. The minimum Gasteiger partial charge on any atom is -0.497 e. The van der Waals surface area contributed by atoms with Gasteiger partial charge in [0, 0.05) is 32.7 Å². The third kappa shape index (κ3) is 6.03. The number of nitrogens with two attached hydrogens (primary N) is 1. The van der Waals surface area contributed by atoms with E-state index in [4.69, 9.17) is 24.7 Å². The predicted molar refractivity (Wildman–Crippen MR) is 137 cm³/mol. The molecule has 2 aliphatic rings. The number of fused-ring (bicyclic) bond motifs is 1. The van der Waals surface area contributed by atoms with Gasteiger partial charge in [-0.2, -0.15) is 0 Å². The maximum Gasteiger partial charge on any atom is 0.407 e. The van der Waals surface area contributed by atoms with Crippen molar-refractivity contribution in [1.82, 2.24) is 4.90 Å². The van der Waals surface area contributed by atoms with E-state index in [1.165, 1.54) is 4.90 Å². The number of carboxylic acid groups (broad SMARTS) is 1. The van der Waals surface area contributed by atoms with Crippen molar-refractivity contribution in [3.8, 4) is 11.5 Å². The number of piperidine rings is 1. The van der Waals surface area contributed by atoms with Crippen molar-refractivity contribution in [3.63, 3.8) is 0 Å². The molecule has 3 N–H and O–H groups in total. The molecule has 0 aromatic heterocycles. The molecule has 0 spiro atoms. The molecular formula is C27H37N3O6. The van der Waals surface area contributed by atoms with Crippen LogP contribution in [0.1, 0.15) is 23.5 Å². The van der Waals surface area contributed by atoms with Crippen LogP contribution in [0.25, 0.3) is 0 Å². The summed E-state index contributed by atoms with van der Waals surface area (Å²) in [4.78, 5) is 15.6. The van der Waals surface area contributed by atoms with E-state index < -0.39 is 6.09 Å². The summed E-state index contributed by atoms with van der Waals surface area (Å²) in [5, 5.41) is 9.71. The van der Waals surface area contributed by atoms with Crippen molar-refractivity contribution in [2.45, 2.75) is 25.0 Å². The Bertz CT molecular complexity index is 1000. The van der Waals surface area contributed by atoms with Gasteiger partial charge >= 0.3 is 6.09 Å². The van der Waals surface area contributed by atoms with Gasteiger partial charge in [0.1, 0.15) is 18.1 Å². The summed E-state index contributed by atoms with van der Waals surface area (Å²) in [6.07, 6.45) is -0.344. The molecule has 2 heterocycles. The summed E-state index contributed by atoms with van der Waals surface area (Å²) in [5.74, 6) is 1.57. The Balaban J connectivity index is 1.53. The smallest absolute Gasteiger partial charge is 0.407 e. The van der Waals surface area contributed by atoms with Crippen LogP contribution >= 0.6 is 0 Å². The number of methoxy groups -OCH3 is 2. The largest absolute Gasteiger partial charge is 0.497 e. The van der Waals surface area contributed by atoms with Gasteiger partial charge in [0.2, 0.25) is 0 Å². The van der Waals surface area contributed by atoms with Gasteiger partial charge in [-0.1, -0.05) is 18.2 Å². The maximum atomic E-state index is 11.9. The van der Waals surface area contributed by atoms with E-state index in [0.717, 1.165) is 47.8 Å². The average Bonchev–Trinajstić information content (AvgIpc) is 2.91. The third-order valence-electron chi connectivity index (χ3n) is 7.06. The monoisotopic (exact) mass is 499 g/mol. The number of likely N-dealkylation sites (tertiary alicyclic amines) is 1. The Morgan fingerprint density at radius 2 is 1.97 bits per heavy atom. The van der Waals surface area contributed by atoms with Crippen LogP contribution in [0.4, 0.5) is 10.5 Å². The Labute approximate surface area is 212 Å². The Morgan fingerprint density at radius 1 is 1.17 bits per heavy atom. The normalized spacial score (nSPS) is 21.6. The molecule has 1 saturated heterocycles. The lowest BCUT2D eigenvalue weighted by molar-refractivity contribution is -0.0380. The molecule has 9 nitrogen and oxygen atoms in total. The van der Waals surface area contributed by atoms with Gasteiger partial charge in [0.05, 0.1) is 38.6 Å². The predicted octanol–water partition coefficient (Wildman–Crippen LogP) is 3.17. The van der Waals surface area contributed by atoms with Crippen molar-refractivity contribution >= 4 is 11.8 Å². The second-order valence-electron chi connectivity index (χ2n) is 9.32. The number of amides is 1. The lowest BCUT2D eigenvalue weighted by atomic mass is 9.78. The molecule has 36 heavy (non-hydrogen) atoms. The van der Waals surface area contributed by atoms with Crippen LogP contribution < -0.4 is 20.1 Å². The molecule has 196 valence electrons. The van der Waals surface area contributed by atoms with Crippen LogP contribution in [0.5, 0.6) is 11.5 Å². The Hall–Kier alpha value is -3.01. The topological polar surface area (TPSA) is 107 Å². The Morgan fingerprint density at radius 3 is 2.67 bits per heavy atom. The number of hydrogen-bond acceptors (Lipinski definition) is 7. The highest BCUT2D eigenvalue weighted by Gasteiger charge is 2.39. The molecule has 0 aliphatic carbocycles. The van der Waals surface area contributed by atoms with Crippen LogP contribution in [-0.2, 0) is 16.1 Å². The zero-order valence-electron chi connectivity index (χ0n) is 21.1.